The number of phenols is 1. The van der Waals surface area contributed by atoms with E-state index >= 15 is 0 Å². The number of esters is 1. The van der Waals surface area contributed by atoms with Gasteiger partial charge in [0.2, 0.25) is 0 Å². The van der Waals surface area contributed by atoms with Crippen LogP contribution < -0.4 is 5.32 Å². The molecule has 140 valence electrons. The molecule has 1 atom stereocenters. The van der Waals surface area contributed by atoms with E-state index in [1.165, 1.54) is 18.4 Å². The molecule has 1 aromatic heterocycles. The number of benzene rings is 2. The Labute approximate surface area is 160 Å². The SMILES string of the molecule is C[C@@H](NC(=O)COC(=O)Cc1coc2cc(O)ccc12)c1ccccc1Cl. The average Bonchev–Trinajstić information content (AvgIpc) is 3.02. The molecule has 0 aliphatic heterocycles. The lowest BCUT2D eigenvalue weighted by Gasteiger charge is -2.15. The molecule has 2 N–H and O–H groups in total. The van der Waals surface area contributed by atoms with Crippen molar-refractivity contribution in [3.8, 4) is 5.75 Å². The van der Waals surface area contributed by atoms with Crippen LogP contribution in [0.25, 0.3) is 11.0 Å². The first-order chi connectivity index (χ1) is 12.9. The van der Waals surface area contributed by atoms with E-state index in [2.05, 4.69) is 5.32 Å². The van der Waals surface area contributed by atoms with Crippen LogP contribution in [-0.2, 0) is 20.7 Å². The minimum Gasteiger partial charge on any atom is -0.508 e. The van der Waals surface area contributed by atoms with Gasteiger partial charge < -0.3 is 19.6 Å². The molecule has 3 aromatic rings. The van der Waals surface area contributed by atoms with Gasteiger partial charge in [0.05, 0.1) is 18.7 Å². The molecular formula is C20H18ClNO5. The maximum Gasteiger partial charge on any atom is 0.310 e. The summed E-state index contributed by atoms with van der Waals surface area (Å²) in [5.74, 6) is -0.889. The molecular weight excluding hydrogens is 370 g/mol. The Hall–Kier alpha value is -2.99. The summed E-state index contributed by atoms with van der Waals surface area (Å²) < 4.78 is 10.4. The number of hydrogen-bond donors (Lipinski definition) is 2. The lowest BCUT2D eigenvalue weighted by atomic mass is 10.1. The van der Waals surface area contributed by atoms with Crippen LogP contribution >= 0.6 is 11.6 Å². The van der Waals surface area contributed by atoms with E-state index < -0.39 is 11.9 Å². The Balaban J connectivity index is 1.52. The van der Waals surface area contributed by atoms with Crippen LogP contribution in [0, 0.1) is 0 Å². The first kappa shape index (κ1) is 18.8. The van der Waals surface area contributed by atoms with Gasteiger partial charge in [-0.15, -0.1) is 0 Å². The van der Waals surface area contributed by atoms with Gasteiger partial charge in [0.25, 0.3) is 5.91 Å². The highest BCUT2D eigenvalue weighted by Crippen LogP contribution is 2.25. The van der Waals surface area contributed by atoms with Gasteiger partial charge in [0.15, 0.2) is 6.61 Å². The number of furan rings is 1. The van der Waals surface area contributed by atoms with Crippen molar-refractivity contribution in [2.45, 2.75) is 19.4 Å². The molecule has 0 bridgehead atoms. The third-order valence-corrected chi connectivity index (χ3v) is 4.43. The molecule has 3 rings (SSSR count). The molecule has 0 aliphatic carbocycles. The number of carbonyl (C=O) groups excluding carboxylic acids is 2. The van der Waals surface area contributed by atoms with Crippen LogP contribution in [0.15, 0.2) is 53.1 Å². The van der Waals surface area contributed by atoms with E-state index in [1.807, 2.05) is 18.2 Å². The smallest absolute Gasteiger partial charge is 0.310 e. The molecule has 27 heavy (non-hydrogen) atoms. The fourth-order valence-electron chi connectivity index (χ4n) is 2.75. The summed E-state index contributed by atoms with van der Waals surface area (Å²) in [6, 6.07) is 11.5. The standard InChI is InChI=1S/C20H18ClNO5/c1-12(15-4-2-3-5-17(15)21)22-19(24)11-27-20(25)8-13-10-26-18-9-14(23)6-7-16(13)18/h2-7,9-10,12,23H,8,11H2,1H3,(H,22,24)/t12-/m1/s1. The molecule has 1 amide bonds. The maximum atomic E-state index is 12.0. The average molecular weight is 388 g/mol. The van der Waals surface area contributed by atoms with Gasteiger partial charge in [-0.2, -0.15) is 0 Å². The van der Waals surface area contributed by atoms with Crippen molar-refractivity contribution in [1.82, 2.24) is 5.32 Å². The normalized spacial score (nSPS) is 11.9. The topological polar surface area (TPSA) is 88.8 Å². The van der Waals surface area contributed by atoms with Gasteiger partial charge in [-0.3, -0.25) is 9.59 Å². The Kier molecular flexibility index (Phi) is 5.66. The maximum absolute atomic E-state index is 12.0. The number of carbonyl (C=O) groups is 2. The first-order valence-electron chi connectivity index (χ1n) is 8.32. The Morgan fingerprint density at radius 3 is 2.81 bits per heavy atom. The van der Waals surface area contributed by atoms with Crippen LogP contribution in [0.2, 0.25) is 5.02 Å². The largest absolute Gasteiger partial charge is 0.508 e. The summed E-state index contributed by atoms with van der Waals surface area (Å²) >= 11 is 6.11. The predicted molar refractivity (Wildman–Crippen MR) is 101 cm³/mol. The first-order valence-corrected chi connectivity index (χ1v) is 8.70. The van der Waals surface area contributed by atoms with E-state index in [-0.39, 0.29) is 24.8 Å². The zero-order chi connectivity index (χ0) is 19.4. The van der Waals surface area contributed by atoms with E-state index in [4.69, 9.17) is 20.8 Å². The second-order valence-electron chi connectivity index (χ2n) is 6.09. The van der Waals surface area contributed by atoms with E-state index in [0.717, 1.165) is 5.56 Å². The second kappa shape index (κ2) is 8.14. The zero-order valence-electron chi connectivity index (χ0n) is 14.6. The van der Waals surface area contributed by atoms with Crippen molar-refractivity contribution in [3.63, 3.8) is 0 Å². The second-order valence-corrected chi connectivity index (χ2v) is 6.50. The number of halogens is 1. The van der Waals surface area contributed by atoms with Crippen LogP contribution in [0.4, 0.5) is 0 Å². The number of amides is 1. The molecule has 0 aliphatic rings. The minimum atomic E-state index is -0.550. The van der Waals surface area contributed by atoms with Crippen molar-refractivity contribution in [2.24, 2.45) is 0 Å². The van der Waals surface area contributed by atoms with Crippen molar-refractivity contribution >= 4 is 34.4 Å². The number of aromatic hydroxyl groups is 1. The number of ether oxygens (including phenoxy) is 1. The number of hydrogen-bond acceptors (Lipinski definition) is 5. The number of phenolic OH excluding ortho intramolecular Hbond substituents is 1. The highest BCUT2D eigenvalue weighted by atomic mass is 35.5. The summed E-state index contributed by atoms with van der Waals surface area (Å²) in [5, 5.41) is 13.4. The molecule has 0 spiro atoms. The van der Waals surface area contributed by atoms with Gasteiger partial charge in [0, 0.05) is 22.0 Å². The van der Waals surface area contributed by atoms with Crippen LogP contribution in [0.3, 0.4) is 0 Å². The monoisotopic (exact) mass is 387 g/mol. The Bertz CT molecular complexity index is 981. The fourth-order valence-corrected chi connectivity index (χ4v) is 3.05. The fraction of sp³-hybridized carbons (Fsp3) is 0.200. The summed E-state index contributed by atoms with van der Waals surface area (Å²) in [6.07, 6.45) is 1.40. The van der Waals surface area contributed by atoms with Crippen molar-refractivity contribution < 1.29 is 23.8 Å². The summed E-state index contributed by atoms with van der Waals surface area (Å²) in [7, 11) is 0. The van der Waals surface area contributed by atoms with Gasteiger partial charge in [-0.25, -0.2) is 0 Å². The van der Waals surface area contributed by atoms with Crippen LogP contribution in [0.1, 0.15) is 24.1 Å². The van der Waals surface area contributed by atoms with Gasteiger partial charge in [0.1, 0.15) is 11.3 Å². The van der Waals surface area contributed by atoms with Gasteiger partial charge in [-0.05, 0) is 30.7 Å². The van der Waals surface area contributed by atoms with Crippen molar-refractivity contribution in [1.29, 1.82) is 0 Å². The van der Waals surface area contributed by atoms with Crippen LogP contribution in [-0.4, -0.2) is 23.6 Å². The number of nitrogens with one attached hydrogen (secondary N) is 1. The number of rotatable bonds is 6. The lowest BCUT2D eigenvalue weighted by molar-refractivity contribution is -0.148. The van der Waals surface area contributed by atoms with Crippen molar-refractivity contribution in [3.05, 3.63) is 64.9 Å². The lowest BCUT2D eigenvalue weighted by Crippen LogP contribution is -2.31. The quantitative estimate of drug-likeness (QED) is 0.629. The minimum absolute atomic E-state index is 0.0366. The molecule has 0 fully saturated rings. The third-order valence-electron chi connectivity index (χ3n) is 4.09. The molecule has 0 unspecified atom stereocenters. The zero-order valence-corrected chi connectivity index (χ0v) is 15.3. The van der Waals surface area contributed by atoms with Crippen LogP contribution in [0.5, 0.6) is 5.75 Å². The van der Waals surface area contributed by atoms with E-state index in [0.29, 0.717) is 21.6 Å². The summed E-state index contributed by atoms with van der Waals surface area (Å²) in [5.41, 5.74) is 1.89. The number of fused-ring (bicyclic) bond motifs is 1. The molecule has 0 saturated carbocycles. The molecule has 0 saturated heterocycles. The van der Waals surface area contributed by atoms with Gasteiger partial charge in [-0.1, -0.05) is 29.8 Å². The Morgan fingerprint density at radius 1 is 1.26 bits per heavy atom. The molecule has 2 aromatic carbocycles. The predicted octanol–water partition coefficient (Wildman–Crippen LogP) is 3.75. The van der Waals surface area contributed by atoms with Crippen molar-refractivity contribution in [2.75, 3.05) is 6.61 Å². The highest BCUT2D eigenvalue weighted by molar-refractivity contribution is 6.31. The molecule has 7 heteroatoms. The van der Waals surface area contributed by atoms with E-state index in [1.54, 1.807) is 19.1 Å². The van der Waals surface area contributed by atoms with E-state index in [9.17, 15) is 14.7 Å². The van der Waals surface area contributed by atoms with Gasteiger partial charge >= 0.3 is 5.97 Å². The highest BCUT2D eigenvalue weighted by Gasteiger charge is 2.16. The molecule has 0 radical (unpaired) electrons. The molecule has 1 heterocycles. The summed E-state index contributed by atoms with van der Waals surface area (Å²) in [4.78, 5) is 24.0. The molecule has 6 nitrogen and oxygen atoms in total. The third kappa shape index (κ3) is 4.60. The Morgan fingerprint density at radius 2 is 2.04 bits per heavy atom. The summed E-state index contributed by atoms with van der Waals surface area (Å²) in [6.45, 7) is 1.41.